The molecule has 0 saturated carbocycles. The number of aliphatic hydroxyl groups is 2. The lowest BCUT2D eigenvalue weighted by Gasteiger charge is -2.06. The van der Waals surface area contributed by atoms with Gasteiger partial charge in [0.2, 0.25) is 0 Å². The van der Waals surface area contributed by atoms with Crippen molar-refractivity contribution in [2.24, 2.45) is 0 Å². The van der Waals surface area contributed by atoms with Crippen molar-refractivity contribution in [3.8, 4) is 0 Å². The Hall–Kier alpha value is -1.11. The summed E-state index contributed by atoms with van der Waals surface area (Å²) in [4.78, 5) is 10.3. The first-order chi connectivity index (χ1) is 7.65. The van der Waals surface area contributed by atoms with E-state index in [1.54, 1.807) is 18.2 Å². The van der Waals surface area contributed by atoms with E-state index >= 15 is 0 Å². The van der Waals surface area contributed by atoms with Crippen molar-refractivity contribution in [3.05, 3.63) is 39.9 Å². The predicted octanol–water partition coefficient (Wildman–Crippen LogP) is 1.18. The number of para-hydroxylation sites is 1. The van der Waals surface area contributed by atoms with Gasteiger partial charge in [-0.2, -0.15) is 11.8 Å². The maximum atomic E-state index is 10.7. The smallest absolute Gasteiger partial charge is 0.273 e. The molecule has 1 unspecified atom stereocenters. The zero-order chi connectivity index (χ0) is 12.0. The molecule has 0 radical (unpaired) electrons. The number of aliphatic hydroxyl groups excluding tert-OH is 2. The Morgan fingerprint density at radius 3 is 2.75 bits per heavy atom. The van der Waals surface area contributed by atoms with Gasteiger partial charge in [0.25, 0.3) is 5.69 Å². The molecule has 0 aliphatic rings. The van der Waals surface area contributed by atoms with E-state index in [4.69, 9.17) is 10.2 Å². The van der Waals surface area contributed by atoms with Gasteiger partial charge in [0, 0.05) is 23.1 Å². The summed E-state index contributed by atoms with van der Waals surface area (Å²) in [6.45, 7) is -0.288. The molecule has 2 N–H and O–H groups in total. The summed E-state index contributed by atoms with van der Waals surface area (Å²) in [7, 11) is 0. The minimum absolute atomic E-state index is 0.0912. The summed E-state index contributed by atoms with van der Waals surface area (Å²) < 4.78 is 0. The SMILES string of the molecule is O=[N+]([O-])c1ccccc1CSCC(O)CO. The van der Waals surface area contributed by atoms with E-state index in [2.05, 4.69) is 0 Å². The van der Waals surface area contributed by atoms with Gasteiger partial charge < -0.3 is 10.2 Å². The van der Waals surface area contributed by atoms with Crippen molar-refractivity contribution in [1.82, 2.24) is 0 Å². The lowest BCUT2D eigenvalue weighted by Crippen LogP contribution is -2.14. The molecule has 0 bridgehead atoms. The molecule has 0 aromatic heterocycles. The maximum Gasteiger partial charge on any atom is 0.273 e. The second-order valence-corrected chi connectivity index (χ2v) is 4.27. The topological polar surface area (TPSA) is 83.6 Å². The third kappa shape index (κ3) is 3.80. The van der Waals surface area contributed by atoms with E-state index in [0.717, 1.165) is 0 Å². The van der Waals surface area contributed by atoms with Crippen LogP contribution in [-0.4, -0.2) is 33.6 Å². The number of hydrogen-bond donors (Lipinski definition) is 2. The first-order valence-corrected chi connectivity index (χ1v) is 5.89. The van der Waals surface area contributed by atoms with Gasteiger partial charge in [-0.1, -0.05) is 18.2 Å². The second kappa shape index (κ2) is 6.47. The lowest BCUT2D eigenvalue weighted by molar-refractivity contribution is -0.385. The van der Waals surface area contributed by atoms with Crippen LogP contribution in [0.4, 0.5) is 5.69 Å². The lowest BCUT2D eigenvalue weighted by atomic mass is 10.2. The zero-order valence-corrected chi connectivity index (χ0v) is 9.39. The summed E-state index contributed by atoms with van der Waals surface area (Å²) in [6, 6.07) is 6.51. The third-order valence-corrected chi connectivity index (χ3v) is 3.10. The van der Waals surface area contributed by atoms with Crippen LogP contribution in [0.25, 0.3) is 0 Å². The number of nitrogens with zero attached hydrogens (tertiary/aromatic N) is 1. The van der Waals surface area contributed by atoms with E-state index in [9.17, 15) is 10.1 Å². The standard InChI is InChI=1S/C10H13NO4S/c12-5-9(13)7-16-6-8-3-1-2-4-10(8)11(14)15/h1-4,9,12-13H,5-7H2. The van der Waals surface area contributed by atoms with Crippen molar-refractivity contribution in [2.45, 2.75) is 11.9 Å². The van der Waals surface area contributed by atoms with E-state index in [-0.39, 0.29) is 12.3 Å². The van der Waals surface area contributed by atoms with Crippen LogP contribution in [0.2, 0.25) is 0 Å². The number of thioether (sulfide) groups is 1. The molecule has 1 aromatic rings. The van der Waals surface area contributed by atoms with Gasteiger partial charge in [0.1, 0.15) is 0 Å². The molecule has 0 amide bonds. The molecule has 0 saturated heterocycles. The minimum Gasteiger partial charge on any atom is -0.394 e. The Labute approximate surface area is 97.3 Å². The highest BCUT2D eigenvalue weighted by Crippen LogP contribution is 2.22. The Kier molecular flexibility index (Phi) is 5.24. The minimum atomic E-state index is -0.771. The highest BCUT2D eigenvalue weighted by atomic mass is 32.2. The van der Waals surface area contributed by atoms with Crippen molar-refractivity contribution < 1.29 is 15.1 Å². The van der Waals surface area contributed by atoms with Gasteiger partial charge in [-0.05, 0) is 0 Å². The summed E-state index contributed by atoms with van der Waals surface area (Å²) in [5, 5.41) is 28.4. The van der Waals surface area contributed by atoms with Crippen molar-refractivity contribution in [3.63, 3.8) is 0 Å². The summed E-state index contributed by atoms with van der Waals surface area (Å²) >= 11 is 1.36. The van der Waals surface area contributed by atoms with Crippen LogP contribution >= 0.6 is 11.8 Å². The van der Waals surface area contributed by atoms with Gasteiger partial charge in [-0.25, -0.2) is 0 Å². The molecule has 5 nitrogen and oxygen atoms in total. The van der Waals surface area contributed by atoms with Crippen molar-refractivity contribution in [2.75, 3.05) is 12.4 Å². The highest BCUT2D eigenvalue weighted by Gasteiger charge is 2.12. The molecule has 1 aromatic carbocycles. The fourth-order valence-electron chi connectivity index (χ4n) is 1.17. The number of hydrogen-bond acceptors (Lipinski definition) is 5. The molecule has 88 valence electrons. The van der Waals surface area contributed by atoms with Crippen LogP contribution in [0.3, 0.4) is 0 Å². The van der Waals surface area contributed by atoms with Crippen LogP contribution < -0.4 is 0 Å². The fourth-order valence-corrected chi connectivity index (χ4v) is 2.13. The quantitative estimate of drug-likeness (QED) is 0.579. The molecule has 16 heavy (non-hydrogen) atoms. The Balaban J connectivity index is 2.56. The van der Waals surface area contributed by atoms with Crippen molar-refractivity contribution >= 4 is 17.4 Å². The van der Waals surface area contributed by atoms with Gasteiger partial charge in [-0.3, -0.25) is 10.1 Å². The average Bonchev–Trinajstić information content (AvgIpc) is 2.29. The Morgan fingerprint density at radius 1 is 1.44 bits per heavy atom. The first-order valence-electron chi connectivity index (χ1n) is 4.74. The van der Waals surface area contributed by atoms with E-state index < -0.39 is 11.0 Å². The van der Waals surface area contributed by atoms with Gasteiger partial charge in [-0.15, -0.1) is 0 Å². The van der Waals surface area contributed by atoms with Gasteiger partial charge in [0.15, 0.2) is 0 Å². The average molecular weight is 243 g/mol. The van der Waals surface area contributed by atoms with Crippen LogP contribution in [0.15, 0.2) is 24.3 Å². The largest absolute Gasteiger partial charge is 0.394 e. The molecule has 0 aliphatic heterocycles. The third-order valence-electron chi connectivity index (χ3n) is 1.97. The Bertz CT molecular complexity index is 358. The summed E-state index contributed by atoms with van der Waals surface area (Å²) in [6.07, 6.45) is -0.771. The molecular formula is C10H13NO4S. The second-order valence-electron chi connectivity index (χ2n) is 3.24. The van der Waals surface area contributed by atoms with E-state index in [1.165, 1.54) is 17.8 Å². The van der Waals surface area contributed by atoms with Crippen LogP contribution in [0.1, 0.15) is 5.56 Å². The zero-order valence-electron chi connectivity index (χ0n) is 8.57. The molecule has 6 heteroatoms. The maximum absolute atomic E-state index is 10.7. The van der Waals surface area contributed by atoms with E-state index in [0.29, 0.717) is 17.1 Å². The fraction of sp³-hybridized carbons (Fsp3) is 0.400. The number of rotatable bonds is 6. The number of nitro groups is 1. The monoisotopic (exact) mass is 243 g/mol. The Morgan fingerprint density at radius 2 is 2.12 bits per heavy atom. The molecular weight excluding hydrogens is 230 g/mol. The van der Waals surface area contributed by atoms with E-state index in [1.807, 2.05) is 0 Å². The predicted molar refractivity (Wildman–Crippen MR) is 62.4 cm³/mol. The van der Waals surface area contributed by atoms with Crippen molar-refractivity contribution in [1.29, 1.82) is 0 Å². The normalized spacial score (nSPS) is 12.4. The molecule has 1 atom stereocenters. The number of nitro benzene ring substituents is 1. The molecule has 0 fully saturated rings. The van der Waals surface area contributed by atoms with Crippen LogP contribution in [0.5, 0.6) is 0 Å². The van der Waals surface area contributed by atoms with Gasteiger partial charge in [0.05, 0.1) is 17.6 Å². The highest BCUT2D eigenvalue weighted by molar-refractivity contribution is 7.98. The van der Waals surface area contributed by atoms with Crippen LogP contribution in [-0.2, 0) is 5.75 Å². The number of benzene rings is 1. The molecule has 0 heterocycles. The van der Waals surface area contributed by atoms with Gasteiger partial charge >= 0.3 is 0 Å². The molecule has 0 aliphatic carbocycles. The molecule has 0 spiro atoms. The summed E-state index contributed by atoms with van der Waals surface area (Å²) in [5.41, 5.74) is 0.719. The van der Waals surface area contributed by atoms with Crippen LogP contribution in [0, 0.1) is 10.1 Å². The summed E-state index contributed by atoms with van der Waals surface area (Å²) in [5.74, 6) is 0.816. The molecule has 1 rings (SSSR count). The first kappa shape index (κ1) is 13.0.